The molecule has 6 heteroatoms. The molecule has 4 nitrogen and oxygen atoms in total. The molecule has 0 aliphatic carbocycles. The van der Waals surface area contributed by atoms with Gasteiger partial charge < -0.3 is 0 Å². The Hall–Kier alpha value is -4.30. The predicted molar refractivity (Wildman–Crippen MR) is 151 cm³/mol. The first-order chi connectivity index (χ1) is 18.1. The van der Waals surface area contributed by atoms with Crippen molar-refractivity contribution < 1.29 is 0 Å². The second-order valence-electron chi connectivity index (χ2n) is 8.29. The minimum absolute atomic E-state index is 0.642. The van der Waals surface area contributed by atoms with E-state index in [0.29, 0.717) is 22.3 Å². The van der Waals surface area contributed by atoms with Gasteiger partial charge in [0.1, 0.15) is 0 Å². The molecule has 0 spiro atoms. The fraction of sp³-hybridized carbons (Fsp3) is 0.0968. The van der Waals surface area contributed by atoms with Crippen LogP contribution < -0.4 is 21.2 Å². The molecule has 0 aromatic heterocycles. The van der Waals surface area contributed by atoms with Crippen molar-refractivity contribution in [3.05, 3.63) is 119 Å². The van der Waals surface area contributed by atoms with E-state index >= 15 is 0 Å². The van der Waals surface area contributed by atoms with Crippen molar-refractivity contribution in [3.63, 3.8) is 0 Å². The summed E-state index contributed by atoms with van der Waals surface area (Å²) >= 11 is 0. The van der Waals surface area contributed by atoms with Gasteiger partial charge in [0.05, 0.1) is 46.5 Å². The van der Waals surface area contributed by atoms with Crippen molar-refractivity contribution in [2.45, 2.75) is 6.42 Å². The lowest BCUT2D eigenvalue weighted by Gasteiger charge is -2.22. The van der Waals surface area contributed by atoms with Crippen LogP contribution in [0.1, 0.15) is 28.7 Å². The van der Waals surface area contributed by atoms with E-state index < -0.39 is 15.8 Å². The summed E-state index contributed by atoms with van der Waals surface area (Å²) in [5.41, 5.74) is 2.57. The van der Waals surface area contributed by atoms with Gasteiger partial charge in [-0.25, -0.2) is 0 Å². The molecule has 0 aliphatic heterocycles. The van der Waals surface area contributed by atoms with Gasteiger partial charge in [-0.3, -0.25) is 0 Å². The summed E-state index contributed by atoms with van der Waals surface area (Å²) in [4.78, 5) is 0. The highest BCUT2D eigenvalue weighted by molar-refractivity contribution is 7.74. The van der Waals surface area contributed by atoms with Crippen LogP contribution in [0, 0.1) is 45.3 Å². The van der Waals surface area contributed by atoms with Crippen LogP contribution in [0.3, 0.4) is 0 Å². The summed E-state index contributed by atoms with van der Waals surface area (Å²) in [5.74, 6) is 0. The Labute approximate surface area is 220 Å². The number of rotatable bonds is 8. The number of nitriles is 4. The van der Waals surface area contributed by atoms with Gasteiger partial charge in [-0.2, -0.15) is 21.0 Å². The Morgan fingerprint density at radius 3 is 0.784 bits per heavy atom. The third-order valence-electron chi connectivity index (χ3n) is 6.00. The quantitative estimate of drug-likeness (QED) is 0.306. The fourth-order valence-electron chi connectivity index (χ4n) is 4.07. The smallest absolute Gasteiger partial charge is 0.0991 e. The van der Waals surface area contributed by atoms with E-state index in [9.17, 15) is 21.0 Å². The van der Waals surface area contributed by atoms with E-state index in [0.717, 1.165) is 18.7 Å². The van der Waals surface area contributed by atoms with Crippen LogP contribution in [0.25, 0.3) is 0 Å². The van der Waals surface area contributed by atoms with E-state index in [-0.39, 0.29) is 0 Å². The molecule has 0 saturated heterocycles. The van der Waals surface area contributed by atoms with E-state index in [1.165, 1.54) is 21.2 Å². The molecule has 176 valence electrons. The molecule has 0 amide bonds. The molecular formula is C31H22N4P2. The van der Waals surface area contributed by atoms with Crippen LogP contribution >= 0.6 is 15.8 Å². The fourth-order valence-corrected chi connectivity index (χ4v) is 8.93. The molecule has 0 atom stereocenters. The highest BCUT2D eigenvalue weighted by atomic mass is 31.1. The number of nitrogens with zero attached hydrogens (tertiary/aromatic N) is 4. The van der Waals surface area contributed by atoms with E-state index in [1.54, 1.807) is 0 Å². The molecule has 4 rings (SSSR count). The van der Waals surface area contributed by atoms with Gasteiger partial charge in [0.2, 0.25) is 0 Å². The van der Waals surface area contributed by atoms with Crippen molar-refractivity contribution >= 4 is 37.1 Å². The number of hydrogen-bond donors (Lipinski definition) is 0. The van der Waals surface area contributed by atoms with Crippen LogP contribution in [-0.4, -0.2) is 12.3 Å². The SMILES string of the molecule is N#Cc1ccc(P(CCCP(c2ccc(C#N)cc2)c2ccc(C#N)cc2)c2ccc(C#N)cc2)cc1. The molecule has 0 unspecified atom stereocenters. The highest BCUT2D eigenvalue weighted by Gasteiger charge is 2.18. The summed E-state index contributed by atoms with van der Waals surface area (Å²) in [5, 5.41) is 41.7. The average molecular weight is 512 g/mol. The molecule has 4 aromatic carbocycles. The van der Waals surface area contributed by atoms with Crippen LogP contribution in [0.15, 0.2) is 97.1 Å². The van der Waals surface area contributed by atoms with E-state index in [4.69, 9.17) is 0 Å². The molecule has 4 aromatic rings. The van der Waals surface area contributed by atoms with Crippen molar-refractivity contribution in [2.24, 2.45) is 0 Å². The van der Waals surface area contributed by atoms with E-state index in [2.05, 4.69) is 24.3 Å². The topological polar surface area (TPSA) is 95.2 Å². The third kappa shape index (κ3) is 6.48. The highest BCUT2D eigenvalue weighted by Crippen LogP contribution is 2.39. The maximum atomic E-state index is 9.22. The molecule has 0 aliphatic rings. The number of hydrogen-bond acceptors (Lipinski definition) is 4. The van der Waals surface area contributed by atoms with Crippen LogP contribution in [0.5, 0.6) is 0 Å². The predicted octanol–water partition coefficient (Wildman–Crippen LogP) is 5.13. The Morgan fingerprint density at radius 2 is 0.595 bits per heavy atom. The molecular weight excluding hydrogens is 490 g/mol. The third-order valence-corrected chi connectivity index (χ3v) is 11.2. The van der Waals surface area contributed by atoms with Crippen LogP contribution in [0.4, 0.5) is 0 Å². The summed E-state index contributed by atoms with van der Waals surface area (Å²) in [6.45, 7) is 0. The number of benzene rings is 4. The van der Waals surface area contributed by atoms with Crippen molar-refractivity contribution in [3.8, 4) is 24.3 Å². The zero-order chi connectivity index (χ0) is 26.0. The van der Waals surface area contributed by atoms with Crippen molar-refractivity contribution in [1.29, 1.82) is 21.0 Å². The minimum atomic E-state index is -0.664. The standard InChI is InChI=1S/C31H22N4P2/c32-20-24-2-10-28(11-3-24)36(29-12-4-25(21-33)5-13-29)18-1-19-37(30-14-6-26(22-34)7-15-30)31-16-8-27(23-35)9-17-31/h2-17H,1,18-19H2. The summed E-state index contributed by atoms with van der Waals surface area (Å²) in [6.07, 6.45) is 2.93. The second-order valence-corrected chi connectivity index (χ2v) is 13.0. The lowest BCUT2D eigenvalue weighted by atomic mass is 10.2. The van der Waals surface area contributed by atoms with Crippen molar-refractivity contribution in [2.75, 3.05) is 12.3 Å². The Balaban J connectivity index is 1.60. The minimum Gasteiger partial charge on any atom is -0.192 e. The zero-order valence-corrected chi connectivity index (χ0v) is 21.8. The molecule has 0 saturated carbocycles. The van der Waals surface area contributed by atoms with Gasteiger partial charge in [-0.15, -0.1) is 0 Å². The maximum absolute atomic E-state index is 9.22. The van der Waals surface area contributed by atoms with Gasteiger partial charge in [-0.1, -0.05) is 48.5 Å². The zero-order valence-electron chi connectivity index (χ0n) is 20.0. The van der Waals surface area contributed by atoms with Gasteiger partial charge in [-0.05, 0) is 104 Å². The van der Waals surface area contributed by atoms with E-state index in [1.807, 2.05) is 97.1 Å². The molecule has 0 bridgehead atoms. The molecule has 0 heterocycles. The normalized spacial score (nSPS) is 10.3. The first kappa shape index (κ1) is 25.8. The first-order valence-corrected chi connectivity index (χ1v) is 14.8. The molecule has 37 heavy (non-hydrogen) atoms. The molecule has 0 fully saturated rings. The van der Waals surface area contributed by atoms with Crippen LogP contribution in [-0.2, 0) is 0 Å². The van der Waals surface area contributed by atoms with Gasteiger partial charge in [0, 0.05) is 0 Å². The lowest BCUT2D eigenvalue weighted by molar-refractivity contribution is 1.11. The summed E-state index contributed by atoms with van der Waals surface area (Å²) < 4.78 is 0. The van der Waals surface area contributed by atoms with Gasteiger partial charge >= 0.3 is 0 Å². The Kier molecular flexibility index (Phi) is 8.78. The first-order valence-electron chi connectivity index (χ1n) is 11.7. The largest absolute Gasteiger partial charge is 0.192 e. The Bertz CT molecular complexity index is 1280. The second kappa shape index (κ2) is 12.6. The average Bonchev–Trinajstić information content (AvgIpc) is 2.98. The Morgan fingerprint density at radius 1 is 0.378 bits per heavy atom. The van der Waals surface area contributed by atoms with Crippen LogP contribution in [0.2, 0.25) is 0 Å². The lowest BCUT2D eigenvalue weighted by Crippen LogP contribution is -2.17. The molecule has 0 N–H and O–H groups in total. The van der Waals surface area contributed by atoms with Gasteiger partial charge in [0.15, 0.2) is 0 Å². The van der Waals surface area contributed by atoms with Crippen molar-refractivity contribution in [1.82, 2.24) is 0 Å². The summed E-state index contributed by atoms with van der Waals surface area (Å²) in [6, 6.07) is 40.1. The summed E-state index contributed by atoms with van der Waals surface area (Å²) in [7, 11) is -1.33. The van der Waals surface area contributed by atoms with Gasteiger partial charge in [0.25, 0.3) is 0 Å². The maximum Gasteiger partial charge on any atom is 0.0991 e. The monoisotopic (exact) mass is 512 g/mol. The molecule has 0 radical (unpaired) electrons.